The first-order chi connectivity index (χ1) is 9.56. The zero-order valence-electron chi connectivity index (χ0n) is 12.1. The number of rotatable bonds is 1. The molecule has 2 aromatic rings. The highest BCUT2D eigenvalue weighted by Crippen LogP contribution is 2.39. The van der Waals surface area contributed by atoms with Gasteiger partial charge >= 0.3 is 0 Å². The lowest BCUT2D eigenvalue weighted by molar-refractivity contribution is 0.0980. The molecule has 0 aliphatic carbocycles. The highest BCUT2D eigenvalue weighted by molar-refractivity contribution is 6.12. The fourth-order valence-corrected chi connectivity index (χ4v) is 2.80. The van der Waals surface area contributed by atoms with Gasteiger partial charge in [-0.1, -0.05) is 0 Å². The van der Waals surface area contributed by atoms with E-state index in [0.29, 0.717) is 12.2 Å². The first-order valence-corrected chi connectivity index (χ1v) is 6.60. The van der Waals surface area contributed by atoms with Gasteiger partial charge in [0.15, 0.2) is 11.5 Å². The van der Waals surface area contributed by atoms with Gasteiger partial charge in [0.1, 0.15) is 0 Å². The molecule has 0 radical (unpaired) electrons. The lowest BCUT2D eigenvalue weighted by Gasteiger charge is -2.22. The first-order valence-electron chi connectivity index (χ1n) is 6.60. The minimum Gasteiger partial charge on any atom is -0.324 e. The van der Waals surface area contributed by atoms with Gasteiger partial charge in [-0.3, -0.25) is 9.48 Å². The average molecular weight is 271 g/mol. The molecule has 3 heterocycles. The molecule has 3 rings (SSSR count). The fourth-order valence-electron chi connectivity index (χ4n) is 2.80. The predicted octanol–water partition coefficient (Wildman–Crippen LogP) is 1.87. The molecule has 0 spiro atoms. The highest BCUT2D eigenvalue weighted by Gasteiger charge is 2.33. The second kappa shape index (κ2) is 4.33. The van der Waals surface area contributed by atoms with Crippen LogP contribution in [0.5, 0.6) is 0 Å². The van der Waals surface area contributed by atoms with Crippen molar-refractivity contribution in [3.8, 4) is 0 Å². The van der Waals surface area contributed by atoms with Gasteiger partial charge in [-0.25, -0.2) is 4.98 Å². The summed E-state index contributed by atoms with van der Waals surface area (Å²) in [5.41, 5.74) is 3.09. The van der Waals surface area contributed by atoms with Gasteiger partial charge in [-0.15, -0.1) is 0 Å². The molecule has 0 fully saturated rings. The van der Waals surface area contributed by atoms with Crippen molar-refractivity contribution >= 4 is 23.1 Å². The summed E-state index contributed by atoms with van der Waals surface area (Å²) in [6, 6.07) is 3.78. The summed E-state index contributed by atoms with van der Waals surface area (Å²) >= 11 is 0. The molecule has 6 heteroatoms. The standard InChI is InChI=1S/C14H17N5O/c1-5-19-10-7-6-8-15-13(10)17(3)11-9(2)16-18(4)12(11)14(19)20/h6-8H,5H2,1-4H3. The normalized spacial score (nSPS) is 14.1. The number of carbonyl (C=O) groups excluding carboxylic acids is 1. The van der Waals surface area contributed by atoms with Crippen LogP contribution in [0.3, 0.4) is 0 Å². The second-order valence-electron chi connectivity index (χ2n) is 4.86. The molecular weight excluding hydrogens is 254 g/mol. The summed E-state index contributed by atoms with van der Waals surface area (Å²) in [4.78, 5) is 20.9. The second-order valence-corrected chi connectivity index (χ2v) is 4.86. The van der Waals surface area contributed by atoms with E-state index >= 15 is 0 Å². The molecule has 0 saturated carbocycles. The van der Waals surface area contributed by atoms with Crippen LogP contribution in [0.15, 0.2) is 18.3 Å². The van der Waals surface area contributed by atoms with Crippen molar-refractivity contribution in [1.29, 1.82) is 0 Å². The molecule has 2 aromatic heterocycles. The Morgan fingerprint density at radius 2 is 2.05 bits per heavy atom. The van der Waals surface area contributed by atoms with Crippen LogP contribution >= 0.6 is 0 Å². The Bertz CT molecular complexity index is 691. The molecule has 6 nitrogen and oxygen atoms in total. The zero-order chi connectivity index (χ0) is 14.4. The molecule has 0 N–H and O–H groups in total. The van der Waals surface area contributed by atoms with Gasteiger partial charge in [0.2, 0.25) is 0 Å². The van der Waals surface area contributed by atoms with Crippen LogP contribution in [-0.4, -0.2) is 34.3 Å². The quantitative estimate of drug-likeness (QED) is 0.794. The van der Waals surface area contributed by atoms with Gasteiger partial charge < -0.3 is 9.80 Å². The van der Waals surface area contributed by atoms with Gasteiger partial charge in [0.25, 0.3) is 5.91 Å². The number of anilines is 3. The molecule has 0 aromatic carbocycles. The summed E-state index contributed by atoms with van der Waals surface area (Å²) in [5.74, 6) is 0.738. The average Bonchev–Trinajstić information content (AvgIpc) is 2.68. The van der Waals surface area contributed by atoms with Crippen LogP contribution in [0.4, 0.5) is 17.2 Å². The van der Waals surface area contributed by atoms with Gasteiger partial charge in [0, 0.05) is 26.8 Å². The van der Waals surface area contributed by atoms with Crippen LogP contribution in [0, 0.1) is 6.92 Å². The van der Waals surface area contributed by atoms with E-state index < -0.39 is 0 Å². The van der Waals surface area contributed by atoms with Gasteiger partial charge in [0.05, 0.1) is 17.1 Å². The van der Waals surface area contributed by atoms with Gasteiger partial charge in [-0.2, -0.15) is 5.10 Å². The molecule has 0 atom stereocenters. The predicted molar refractivity (Wildman–Crippen MR) is 77.6 cm³/mol. The molecule has 0 unspecified atom stereocenters. The number of pyridine rings is 1. The van der Waals surface area contributed by atoms with Crippen LogP contribution in [0.2, 0.25) is 0 Å². The van der Waals surface area contributed by atoms with E-state index in [1.165, 1.54) is 0 Å². The Balaban J connectivity index is 2.35. The molecule has 104 valence electrons. The maximum absolute atomic E-state index is 12.8. The molecule has 1 amide bonds. The van der Waals surface area contributed by atoms with E-state index in [0.717, 1.165) is 22.9 Å². The van der Waals surface area contributed by atoms with Gasteiger partial charge in [-0.05, 0) is 26.0 Å². The van der Waals surface area contributed by atoms with Crippen molar-refractivity contribution in [3.05, 3.63) is 29.7 Å². The molecule has 0 bridgehead atoms. The van der Waals surface area contributed by atoms with E-state index in [1.807, 2.05) is 37.9 Å². The third-order valence-electron chi connectivity index (χ3n) is 3.66. The topological polar surface area (TPSA) is 54.3 Å². The lowest BCUT2D eigenvalue weighted by Crippen LogP contribution is -2.31. The highest BCUT2D eigenvalue weighted by atomic mass is 16.2. The van der Waals surface area contributed by atoms with Crippen LogP contribution in [0.1, 0.15) is 23.1 Å². The molecular formula is C14H17N5O. The number of amides is 1. The Morgan fingerprint density at radius 1 is 1.30 bits per heavy atom. The third-order valence-corrected chi connectivity index (χ3v) is 3.66. The van der Waals surface area contributed by atoms with Crippen molar-refractivity contribution < 1.29 is 4.79 Å². The van der Waals surface area contributed by atoms with Crippen molar-refractivity contribution in [2.75, 3.05) is 23.4 Å². The summed E-state index contributed by atoms with van der Waals surface area (Å²) in [5, 5.41) is 4.38. The number of aromatic nitrogens is 3. The Kier molecular flexibility index (Phi) is 2.74. The Hall–Kier alpha value is -2.37. The maximum Gasteiger partial charge on any atom is 0.278 e. The smallest absolute Gasteiger partial charge is 0.278 e. The largest absolute Gasteiger partial charge is 0.324 e. The van der Waals surface area contributed by atoms with E-state index in [9.17, 15) is 4.79 Å². The Morgan fingerprint density at radius 3 is 2.75 bits per heavy atom. The summed E-state index contributed by atoms with van der Waals surface area (Å²) in [7, 11) is 3.72. The summed E-state index contributed by atoms with van der Waals surface area (Å²) in [6.07, 6.45) is 1.74. The van der Waals surface area contributed by atoms with E-state index in [4.69, 9.17) is 0 Å². The van der Waals surface area contributed by atoms with Crippen LogP contribution in [-0.2, 0) is 7.05 Å². The van der Waals surface area contributed by atoms with Crippen molar-refractivity contribution in [3.63, 3.8) is 0 Å². The summed E-state index contributed by atoms with van der Waals surface area (Å²) < 4.78 is 1.65. The number of hydrogen-bond donors (Lipinski definition) is 0. The monoisotopic (exact) mass is 271 g/mol. The zero-order valence-corrected chi connectivity index (χ0v) is 12.1. The molecule has 0 saturated heterocycles. The number of nitrogens with zero attached hydrogens (tertiary/aromatic N) is 5. The minimum atomic E-state index is -0.0378. The molecule has 20 heavy (non-hydrogen) atoms. The number of fused-ring (bicyclic) bond motifs is 2. The SMILES string of the molecule is CCN1C(=O)c2c(c(C)nn2C)N(C)c2ncccc21. The molecule has 1 aliphatic rings. The number of hydrogen-bond acceptors (Lipinski definition) is 4. The molecule has 1 aliphatic heterocycles. The maximum atomic E-state index is 12.8. The first kappa shape index (κ1) is 12.7. The van der Waals surface area contributed by atoms with Crippen LogP contribution < -0.4 is 9.80 Å². The minimum absolute atomic E-state index is 0.0378. The fraction of sp³-hybridized carbons (Fsp3) is 0.357. The summed E-state index contributed by atoms with van der Waals surface area (Å²) in [6.45, 7) is 4.46. The van der Waals surface area contributed by atoms with Crippen molar-refractivity contribution in [2.24, 2.45) is 7.05 Å². The van der Waals surface area contributed by atoms with Crippen molar-refractivity contribution in [1.82, 2.24) is 14.8 Å². The lowest BCUT2D eigenvalue weighted by atomic mass is 10.2. The third kappa shape index (κ3) is 1.54. The van der Waals surface area contributed by atoms with E-state index in [-0.39, 0.29) is 5.91 Å². The van der Waals surface area contributed by atoms with Crippen LogP contribution in [0.25, 0.3) is 0 Å². The Labute approximate surface area is 117 Å². The van der Waals surface area contributed by atoms with Crippen molar-refractivity contribution in [2.45, 2.75) is 13.8 Å². The van der Waals surface area contributed by atoms with E-state index in [2.05, 4.69) is 10.1 Å². The number of carbonyl (C=O) groups is 1. The number of aryl methyl sites for hydroxylation is 2. The van der Waals surface area contributed by atoms with E-state index in [1.54, 1.807) is 22.8 Å².